The van der Waals surface area contributed by atoms with E-state index in [-0.39, 0.29) is 0 Å². The van der Waals surface area contributed by atoms with Crippen molar-refractivity contribution in [3.8, 4) is 0 Å². The number of para-hydroxylation sites is 2. The Labute approximate surface area is 137 Å². The van der Waals surface area contributed by atoms with Crippen LogP contribution in [0.1, 0.15) is 30.0 Å². The smallest absolute Gasteiger partial charge is 0.123 e. The molecule has 5 heteroatoms. The molecule has 3 aromatic rings. The predicted molar refractivity (Wildman–Crippen MR) is 93.4 cm³/mol. The summed E-state index contributed by atoms with van der Waals surface area (Å²) in [5.74, 6) is 2.18. The summed E-state index contributed by atoms with van der Waals surface area (Å²) in [6.45, 7) is 9.25. The predicted octanol–water partition coefficient (Wildman–Crippen LogP) is 2.98. The monoisotopic (exact) mass is 311 g/mol. The molecule has 5 nitrogen and oxygen atoms in total. The first-order chi connectivity index (χ1) is 11.1. The Hall–Kier alpha value is -2.14. The highest BCUT2D eigenvalue weighted by atomic mass is 15.2. The first-order valence-electron chi connectivity index (χ1n) is 8.23. The van der Waals surface area contributed by atoms with Crippen LogP contribution >= 0.6 is 0 Å². The summed E-state index contributed by atoms with van der Waals surface area (Å²) >= 11 is 0. The van der Waals surface area contributed by atoms with E-state index < -0.39 is 0 Å². The van der Waals surface area contributed by atoms with Gasteiger partial charge in [0.25, 0.3) is 0 Å². The maximum Gasteiger partial charge on any atom is 0.123 e. The second-order valence-corrected chi connectivity index (χ2v) is 6.08. The first kappa shape index (κ1) is 15.7. The second-order valence-electron chi connectivity index (χ2n) is 6.08. The van der Waals surface area contributed by atoms with Gasteiger partial charge in [0.05, 0.1) is 23.3 Å². The molecule has 0 saturated heterocycles. The lowest BCUT2D eigenvalue weighted by molar-refractivity contribution is 0.272. The molecule has 2 aromatic heterocycles. The van der Waals surface area contributed by atoms with Crippen LogP contribution in [0.4, 0.5) is 0 Å². The number of hydrogen-bond donors (Lipinski definition) is 1. The van der Waals surface area contributed by atoms with Crippen molar-refractivity contribution in [3.63, 3.8) is 0 Å². The van der Waals surface area contributed by atoms with Crippen molar-refractivity contribution in [1.29, 1.82) is 0 Å². The number of rotatable bonds is 6. The lowest BCUT2D eigenvalue weighted by atomic mass is 10.3. The molecule has 1 N–H and O–H groups in total. The number of benzene rings is 1. The third-order valence-electron chi connectivity index (χ3n) is 4.63. The van der Waals surface area contributed by atoms with Crippen LogP contribution in [-0.2, 0) is 20.0 Å². The molecule has 0 atom stereocenters. The van der Waals surface area contributed by atoms with E-state index >= 15 is 0 Å². The number of nitrogens with one attached hydrogen (secondary N) is 1. The van der Waals surface area contributed by atoms with E-state index in [0.717, 1.165) is 54.4 Å². The average Bonchev–Trinajstić information content (AvgIpc) is 3.07. The van der Waals surface area contributed by atoms with Crippen LogP contribution in [0.3, 0.4) is 0 Å². The topological polar surface area (TPSA) is 49.7 Å². The highest BCUT2D eigenvalue weighted by molar-refractivity contribution is 5.74. The number of nitrogens with zero attached hydrogens (tertiary/aromatic N) is 4. The molecule has 3 rings (SSSR count). The van der Waals surface area contributed by atoms with Crippen molar-refractivity contribution < 1.29 is 0 Å². The minimum absolute atomic E-state index is 0.877. The van der Waals surface area contributed by atoms with Crippen molar-refractivity contribution in [2.75, 3.05) is 13.1 Å². The quantitative estimate of drug-likeness (QED) is 0.761. The van der Waals surface area contributed by atoms with Gasteiger partial charge in [0, 0.05) is 25.7 Å². The molecular formula is C18H25N5. The lowest BCUT2D eigenvalue weighted by Crippen LogP contribution is -2.27. The standard InChI is InChI=1S/C18H25N5/c1-5-23(12-18-19-13(2)14(3)22(18)4)11-10-17-20-15-8-6-7-9-16(15)21-17/h6-9H,5,10-12H2,1-4H3,(H,20,21). The molecule has 0 bridgehead atoms. The van der Waals surface area contributed by atoms with Gasteiger partial charge in [-0.3, -0.25) is 4.90 Å². The van der Waals surface area contributed by atoms with Crippen LogP contribution < -0.4 is 0 Å². The Kier molecular flexibility index (Phi) is 4.48. The largest absolute Gasteiger partial charge is 0.342 e. The molecule has 122 valence electrons. The van der Waals surface area contributed by atoms with Crippen LogP contribution in [0.15, 0.2) is 24.3 Å². The Morgan fingerprint density at radius 3 is 2.61 bits per heavy atom. The highest BCUT2D eigenvalue weighted by Gasteiger charge is 2.12. The van der Waals surface area contributed by atoms with Gasteiger partial charge < -0.3 is 9.55 Å². The van der Waals surface area contributed by atoms with Gasteiger partial charge in [0.2, 0.25) is 0 Å². The summed E-state index contributed by atoms with van der Waals surface area (Å²) in [5.41, 5.74) is 4.52. The number of fused-ring (bicyclic) bond motifs is 1. The number of hydrogen-bond acceptors (Lipinski definition) is 3. The zero-order chi connectivity index (χ0) is 16.4. The van der Waals surface area contributed by atoms with Crippen molar-refractivity contribution >= 4 is 11.0 Å². The molecule has 1 aromatic carbocycles. The van der Waals surface area contributed by atoms with Crippen molar-refractivity contribution in [2.45, 2.75) is 33.7 Å². The summed E-state index contributed by atoms with van der Waals surface area (Å²) < 4.78 is 2.19. The number of aryl methyl sites for hydroxylation is 1. The van der Waals surface area contributed by atoms with Crippen LogP contribution in [0, 0.1) is 13.8 Å². The van der Waals surface area contributed by atoms with Crippen molar-refractivity contribution in [2.24, 2.45) is 7.05 Å². The molecule has 0 aliphatic carbocycles. The Morgan fingerprint density at radius 1 is 1.17 bits per heavy atom. The van der Waals surface area contributed by atoms with E-state index in [1.165, 1.54) is 5.69 Å². The molecular weight excluding hydrogens is 286 g/mol. The fourth-order valence-corrected chi connectivity index (χ4v) is 2.86. The molecule has 2 heterocycles. The molecule has 0 aliphatic heterocycles. The zero-order valence-electron chi connectivity index (χ0n) is 14.4. The fraction of sp³-hybridized carbons (Fsp3) is 0.444. The van der Waals surface area contributed by atoms with Crippen molar-refractivity contribution in [3.05, 3.63) is 47.3 Å². The zero-order valence-corrected chi connectivity index (χ0v) is 14.4. The molecule has 0 fully saturated rings. The molecule has 0 unspecified atom stereocenters. The van der Waals surface area contributed by atoms with E-state index in [1.807, 2.05) is 18.2 Å². The van der Waals surface area contributed by atoms with E-state index in [2.05, 4.69) is 58.3 Å². The van der Waals surface area contributed by atoms with E-state index in [4.69, 9.17) is 0 Å². The van der Waals surface area contributed by atoms with E-state index in [0.29, 0.717) is 0 Å². The summed E-state index contributed by atoms with van der Waals surface area (Å²) in [6.07, 6.45) is 0.922. The Bertz CT molecular complexity index is 766. The number of imidazole rings is 2. The van der Waals surface area contributed by atoms with Gasteiger partial charge in [-0.1, -0.05) is 19.1 Å². The third-order valence-corrected chi connectivity index (χ3v) is 4.63. The van der Waals surface area contributed by atoms with E-state index in [9.17, 15) is 0 Å². The van der Waals surface area contributed by atoms with E-state index in [1.54, 1.807) is 0 Å². The Balaban J connectivity index is 1.66. The maximum atomic E-state index is 4.69. The number of likely N-dealkylation sites (N-methyl/N-ethyl adjacent to an activating group) is 1. The van der Waals surface area contributed by atoms with Crippen LogP contribution in [0.25, 0.3) is 11.0 Å². The summed E-state index contributed by atoms with van der Waals surface area (Å²) in [6, 6.07) is 8.18. The van der Waals surface area contributed by atoms with Gasteiger partial charge in [-0.15, -0.1) is 0 Å². The summed E-state index contributed by atoms with van der Waals surface area (Å²) in [4.78, 5) is 15.2. The molecule has 0 saturated carbocycles. The molecule has 0 amide bonds. The van der Waals surface area contributed by atoms with Crippen LogP contribution in [0.2, 0.25) is 0 Å². The Morgan fingerprint density at radius 2 is 1.96 bits per heavy atom. The number of H-pyrrole nitrogens is 1. The van der Waals surface area contributed by atoms with Gasteiger partial charge in [0.1, 0.15) is 11.6 Å². The maximum absolute atomic E-state index is 4.69. The lowest BCUT2D eigenvalue weighted by Gasteiger charge is -2.19. The molecule has 0 aliphatic rings. The van der Waals surface area contributed by atoms with Crippen molar-refractivity contribution in [1.82, 2.24) is 24.4 Å². The second kappa shape index (κ2) is 6.54. The van der Waals surface area contributed by atoms with Gasteiger partial charge in [-0.2, -0.15) is 0 Å². The summed E-state index contributed by atoms with van der Waals surface area (Å²) in [7, 11) is 2.09. The number of aromatic nitrogens is 4. The molecule has 0 spiro atoms. The molecule has 0 radical (unpaired) electrons. The van der Waals surface area contributed by atoms with Gasteiger partial charge >= 0.3 is 0 Å². The average molecular weight is 311 g/mol. The fourth-order valence-electron chi connectivity index (χ4n) is 2.86. The molecule has 23 heavy (non-hydrogen) atoms. The third kappa shape index (κ3) is 3.29. The highest BCUT2D eigenvalue weighted by Crippen LogP contribution is 2.13. The minimum atomic E-state index is 0.877. The first-order valence-corrected chi connectivity index (χ1v) is 8.23. The van der Waals surface area contributed by atoms with Gasteiger partial charge in [-0.25, -0.2) is 9.97 Å². The normalized spacial score (nSPS) is 11.7. The minimum Gasteiger partial charge on any atom is -0.342 e. The number of aromatic amines is 1. The van der Waals surface area contributed by atoms with Gasteiger partial charge in [0.15, 0.2) is 0 Å². The SMILES string of the molecule is CCN(CCc1nc2ccccc2[nH]1)Cc1nc(C)c(C)n1C. The summed E-state index contributed by atoms with van der Waals surface area (Å²) in [5, 5.41) is 0. The van der Waals surface area contributed by atoms with Gasteiger partial charge in [-0.05, 0) is 32.5 Å². The van der Waals surface area contributed by atoms with Crippen LogP contribution in [-0.4, -0.2) is 37.5 Å². The van der Waals surface area contributed by atoms with Crippen LogP contribution in [0.5, 0.6) is 0 Å².